The number of aromatic nitrogens is 2. The number of nitrogens with two attached hydrogens (primary N) is 1. The lowest BCUT2D eigenvalue weighted by Gasteiger charge is -1.82. The highest BCUT2D eigenvalue weighted by atomic mass is 16.6. The van der Waals surface area contributed by atoms with Crippen molar-refractivity contribution in [3.63, 3.8) is 0 Å². The molecular formula is C4H7N5O. The van der Waals surface area contributed by atoms with Gasteiger partial charge < -0.3 is 5.84 Å². The molecular weight excluding hydrogens is 134 g/mol. The molecule has 0 unspecified atom stereocenters. The van der Waals surface area contributed by atoms with Crippen LogP contribution in [0.5, 0.6) is 0 Å². The summed E-state index contributed by atoms with van der Waals surface area (Å²) in [4.78, 5) is 0. The first-order valence-electron chi connectivity index (χ1n) is 2.69. The van der Waals surface area contributed by atoms with Crippen LogP contribution in [-0.2, 0) is 6.54 Å². The molecule has 0 radical (unpaired) electrons. The second kappa shape index (κ2) is 2.90. The highest BCUT2D eigenvalue weighted by Gasteiger charge is 2.01. The third-order valence-corrected chi connectivity index (χ3v) is 1.05. The van der Waals surface area contributed by atoms with E-state index in [4.69, 9.17) is 5.84 Å². The molecule has 6 heteroatoms. The molecule has 0 aliphatic heterocycles. The lowest BCUT2D eigenvalue weighted by Crippen LogP contribution is -1.85. The maximum Gasteiger partial charge on any atom is 0.131 e. The molecule has 0 spiro atoms. The topological polar surface area (TPSA) is 89.7 Å². The van der Waals surface area contributed by atoms with Crippen molar-refractivity contribution in [2.24, 2.45) is 16.2 Å². The summed E-state index contributed by atoms with van der Waals surface area (Å²) < 4.78 is 4.40. The van der Waals surface area contributed by atoms with Gasteiger partial charge in [0.2, 0.25) is 0 Å². The number of nitrogens with zero attached hydrogens (tertiary/aromatic N) is 4. The number of hydrogen-bond donors (Lipinski definition) is 1. The third kappa shape index (κ3) is 1.28. The van der Waals surface area contributed by atoms with Gasteiger partial charge in [-0.2, -0.15) is 5.11 Å². The largest absolute Gasteiger partial charge is 0.305 e. The van der Waals surface area contributed by atoms with Gasteiger partial charge in [0.25, 0.3) is 0 Å². The molecule has 0 saturated heterocycles. The van der Waals surface area contributed by atoms with Gasteiger partial charge in [0.1, 0.15) is 17.9 Å². The Hall–Kier alpha value is -1.46. The fourth-order valence-corrected chi connectivity index (χ4v) is 0.501. The summed E-state index contributed by atoms with van der Waals surface area (Å²) in [6.07, 6.45) is 0. The van der Waals surface area contributed by atoms with E-state index in [1.807, 2.05) is 0 Å². The van der Waals surface area contributed by atoms with Gasteiger partial charge in [-0.3, -0.25) is 0 Å². The Kier molecular flexibility index (Phi) is 1.93. The SMILES string of the molecule is Cc1nonc1CN=NN. The molecule has 1 heterocycles. The van der Waals surface area contributed by atoms with E-state index < -0.39 is 0 Å². The Labute approximate surface area is 57.1 Å². The summed E-state index contributed by atoms with van der Waals surface area (Å²) in [5.74, 6) is 4.77. The number of aryl methyl sites for hydroxylation is 1. The van der Waals surface area contributed by atoms with Crippen molar-refractivity contribution in [2.75, 3.05) is 0 Å². The average Bonchev–Trinajstić information content (AvgIpc) is 2.31. The van der Waals surface area contributed by atoms with Crippen molar-refractivity contribution in [1.29, 1.82) is 0 Å². The molecule has 0 bridgehead atoms. The van der Waals surface area contributed by atoms with Gasteiger partial charge in [-0.15, -0.1) is 0 Å². The van der Waals surface area contributed by atoms with Gasteiger partial charge in [-0.1, -0.05) is 15.5 Å². The van der Waals surface area contributed by atoms with Crippen molar-refractivity contribution >= 4 is 0 Å². The van der Waals surface area contributed by atoms with Crippen LogP contribution in [0.1, 0.15) is 11.4 Å². The van der Waals surface area contributed by atoms with Gasteiger partial charge in [-0.05, 0) is 6.92 Å². The van der Waals surface area contributed by atoms with Gasteiger partial charge >= 0.3 is 0 Å². The Morgan fingerprint density at radius 1 is 1.60 bits per heavy atom. The first kappa shape index (κ1) is 6.66. The van der Waals surface area contributed by atoms with E-state index in [9.17, 15) is 0 Å². The van der Waals surface area contributed by atoms with E-state index in [0.717, 1.165) is 0 Å². The van der Waals surface area contributed by atoms with Crippen LogP contribution in [0.25, 0.3) is 0 Å². The van der Waals surface area contributed by atoms with Crippen LogP contribution in [-0.4, -0.2) is 10.3 Å². The fourth-order valence-electron chi connectivity index (χ4n) is 0.501. The molecule has 0 saturated carbocycles. The maximum atomic E-state index is 4.77. The van der Waals surface area contributed by atoms with Crippen LogP contribution in [0.3, 0.4) is 0 Å². The molecule has 0 fully saturated rings. The van der Waals surface area contributed by atoms with Crippen molar-refractivity contribution in [3.8, 4) is 0 Å². The zero-order valence-electron chi connectivity index (χ0n) is 5.48. The van der Waals surface area contributed by atoms with E-state index in [-0.39, 0.29) is 0 Å². The van der Waals surface area contributed by atoms with Gasteiger partial charge in [0, 0.05) is 0 Å². The van der Waals surface area contributed by atoms with E-state index >= 15 is 0 Å². The summed E-state index contributed by atoms with van der Waals surface area (Å²) in [6.45, 7) is 2.10. The maximum absolute atomic E-state index is 4.77. The lowest BCUT2D eigenvalue weighted by atomic mass is 10.3. The minimum atomic E-state index is 0.325. The van der Waals surface area contributed by atoms with Crippen LogP contribution < -0.4 is 5.84 Å². The fraction of sp³-hybridized carbons (Fsp3) is 0.500. The van der Waals surface area contributed by atoms with Gasteiger partial charge in [-0.25, -0.2) is 4.63 Å². The zero-order valence-corrected chi connectivity index (χ0v) is 5.48. The zero-order chi connectivity index (χ0) is 7.40. The summed E-state index contributed by atoms with van der Waals surface area (Å²) in [5, 5.41) is 13.7. The Bertz CT molecular complexity index is 229. The van der Waals surface area contributed by atoms with E-state index in [1.54, 1.807) is 6.92 Å². The highest BCUT2D eigenvalue weighted by molar-refractivity contribution is 5.03. The molecule has 54 valence electrons. The summed E-state index contributed by atoms with van der Waals surface area (Å²) in [5.41, 5.74) is 1.38. The smallest absolute Gasteiger partial charge is 0.131 e. The highest BCUT2D eigenvalue weighted by Crippen LogP contribution is 2.00. The molecule has 1 aromatic heterocycles. The standard InChI is InChI=1S/C4H7N5O/c1-3-4(2-6-9-5)8-10-7-3/h2H2,1H3,(H2,5,6). The summed E-state index contributed by atoms with van der Waals surface area (Å²) in [6, 6.07) is 0. The second-order valence-corrected chi connectivity index (χ2v) is 1.71. The molecule has 0 aliphatic rings. The van der Waals surface area contributed by atoms with Crippen LogP contribution in [0.15, 0.2) is 15.0 Å². The lowest BCUT2D eigenvalue weighted by molar-refractivity contribution is 0.301. The predicted molar refractivity (Wildman–Crippen MR) is 31.8 cm³/mol. The predicted octanol–water partition coefficient (Wildman–Crippen LogP) is 0.204. The van der Waals surface area contributed by atoms with E-state index in [1.165, 1.54) is 0 Å². The summed E-state index contributed by atoms with van der Waals surface area (Å²) >= 11 is 0. The first-order valence-corrected chi connectivity index (χ1v) is 2.69. The van der Waals surface area contributed by atoms with Crippen LogP contribution in [0.4, 0.5) is 0 Å². The molecule has 10 heavy (non-hydrogen) atoms. The first-order chi connectivity index (χ1) is 4.84. The average molecular weight is 141 g/mol. The number of rotatable bonds is 2. The van der Waals surface area contributed by atoms with Crippen molar-refractivity contribution < 1.29 is 4.63 Å². The number of hydrogen-bond acceptors (Lipinski definition) is 5. The Morgan fingerprint density at radius 2 is 2.40 bits per heavy atom. The minimum Gasteiger partial charge on any atom is -0.305 e. The van der Waals surface area contributed by atoms with Crippen molar-refractivity contribution in [1.82, 2.24) is 10.3 Å². The molecule has 0 aliphatic carbocycles. The monoisotopic (exact) mass is 141 g/mol. The molecule has 6 nitrogen and oxygen atoms in total. The molecule has 0 amide bonds. The van der Waals surface area contributed by atoms with Gasteiger partial charge in [0.15, 0.2) is 0 Å². The molecule has 1 rings (SSSR count). The van der Waals surface area contributed by atoms with Crippen LogP contribution >= 0.6 is 0 Å². The van der Waals surface area contributed by atoms with E-state index in [0.29, 0.717) is 17.9 Å². The quantitative estimate of drug-likeness (QED) is 0.362. The van der Waals surface area contributed by atoms with E-state index in [2.05, 4.69) is 25.3 Å². The molecule has 0 aromatic carbocycles. The third-order valence-electron chi connectivity index (χ3n) is 1.05. The summed E-state index contributed by atoms with van der Waals surface area (Å²) in [7, 11) is 0. The van der Waals surface area contributed by atoms with Gasteiger partial charge in [0.05, 0.1) is 0 Å². The Balaban J connectivity index is 2.65. The van der Waals surface area contributed by atoms with Crippen molar-refractivity contribution in [3.05, 3.63) is 11.4 Å². The van der Waals surface area contributed by atoms with Crippen LogP contribution in [0, 0.1) is 6.92 Å². The second-order valence-electron chi connectivity index (χ2n) is 1.71. The minimum absolute atomic E-state index is 0.325. The molecule has 1 aromatic rings. The Morgan fingerprint density at radius 3 is 2.90 bits per heavy atom. The van der Waals surface area contributed by atoms with Crippen molar-refractivity contribution in [2.45, 2.75) is 13.5 Å². The molecule has 0 atom stereocenters. The van der Waals surface area contributed by atoms with Crippen LogP contribution in [0.2, 0.25) is 0 Å². The normalized spacial score (nSPS) is 10.9. The molecule has 2 N–H and O–H groups in total.